The average Bonchev–Trinajstić information content (AvgIpc) is 3.43. The monoisotopic (exact) mass is 536 g/mol. The number of likely N-dealkylation sites (tertiary alicyclic amines) is 1. The van der Waals surface area contributed by atoms with Crippen molar-refractivity contribution in [1.29, 1.82) is 0 Å². The predicted molar refractivity (Wildman–Crippen MR) is 130 cm³/mol. The molecule has 0 saturated carbocycles. The molecule has 7 nitrogen and oxygen atoms in total. The molecule has 2 aliphatic heterocycles. The molecule has 0 radical (unpaired) electrons. The van der Waals surface area contributed by atoms with Crippen LogP contribution in [0.5, 0.6) is 0 Å². The number of hydrogen-bond donors (Lipinski definition) is 1. The third-order valence-corrected chi connectivity index (χ3v) is 6.05. The van der Waals surface area contributed by atoms with Gasteiger partial charge in [-0.1, -0.05) is 13.0 Å². The molecule has 3 rings (SSSR count). The highest BCUT2D eigenvalue weighted by molar-refractivity contribution is 7.59. The number of azo groups is 1. The molecule has 1 fully saturated rings. The van der Waals surface area contributed by atoms with Crippen molar-refractivity contribution in [2.45, 2.75) is 51.6 Å². The zero-order valence-corrected chi connectivity index (χ0v) is 21.2. The summed E-state index contributed by atoms with van der Waals surface area (Å²) < 4.78 is 53.7. The second-order valence-electron chi connectivity index (χ2n) is 8.00. The molecule has 1 N–H and O–H groups in total. The molecule has 2 aliphatic rings. The lowest BCUT2D eigenvalue weighted by molar-refractivity contribution is -0.147. The van der Waals surface area contributed by atoms with Gasteiger partial charge in [0.05, 0.1) is 23.8 Å². The highest BCUT2D eigenvalue weighted by atomic mass is 32.1. The first-order chi connectivity index (χ1) is 15.6. The lowest BCUT2D eigenvalue weighted by Crippen LogP contribution is -2.48. The topological polar surface area (TPSA) is 91.2 Å². The number of nitrogens with zero attached hydrogens (tertiary/aromatic N) is 3. The maximum absolute atomic E-state index is 14.3. The van der Waals surface area contributed by atoms with E-state index < -0.39 is 65.6 Å². The van der Waals surface area contributed by atoms with Gasteiger partial charge in [-0.25, -0.2) is 17.6 Å². The van der Waals surface area contributed by atoms with Crippen LogP contribution in [-0.2, 0) is 20.8 Å². The van der Waals surface area contributed by atoms with Crippen LogP contribution < -0.4 is 5.32 Å². The largest absolute Gasteiger partial charge is 0.339 e. The van der Waals surface area contributed by atoms with Crippen LogP contribution in [0.1, 0.15) is 44.2 Å². The number of benzene rings is 1. The van der Waals surface area contributed by atoms with Crippen LogP contribution in [0, 0.1) is 17.6 Å². The van der Waals surface area contributed by atoms with Crippen LogP contribution in [0.4, 0.5) is 17.6 Å². The molecule has 0 aromatic heterocycles. The number of halogens is 4. The Morgan fingerprint density at radius 3 is 2.46 bits per heavy atom. The number of amides is 2. The van der Waals surface area contributed by atoms with E-state index in [1.54, 1.807) is 13.0 Å². The van der Waals surface area contributed by atoms with Crippen molar-refractivity contribution in [2.75, 3.05) is 13.1 Å². The zero-order chi connectivity index (χ0) is 24.3. The molecule has 1 aromatic rings. The summed E-state index contributed by atoms with van der Waals surface area (Å²) in [5.74, 6) is -5.66. The number of hydrogen-bond acceptors (Lipinski definition) is 5. The number of carbonyl (C=O) groups excluding carboxylic acids is 3. The number of carbonyl (C=O) groups is 3. The van der Waals surface area contributed by atoms with Gasteiger partial charge in [0.1, 0.15) is 17.4 Å². The average molecular weight is 537 g/mol. The highest BCUT2D eigenvalue weighted by Gasteiger charge is 2.40. The Balaban J connectivity index is 0.00000306. The van der Waals surface area contributed by atoms with Crippen molar-refractivity contribution in [3.05, 3.63) is 46.7 Å². The van der Waals surface area contributed by atoms with Gasteiger partial charge < -0.3 is 10.2 Å². The smallest absolute Gasteiger partial charge is 0.312 e. The highest BCUT2D eigenvalue weighted by Crippen LogP contribution is 2.30. The minimum atomic E-state index is -3.36. The Bertz CT molecular complexity index is 1020. The van der Waals surface area contributed by atoms with Gasteiger partial charge in [0.15, 0.2) is 0 Å². The maximum atomic E-state index is 14.3. The van der Waals surface area contributed by atoms with Crippen molar-refractivity contribution in [2.24, 2.45) is 16.1 Å². The first-order valence-corrected chi connectivity index (χ1v) is 10.6. The van der Waals surface area contributed by atoms with E-state index in [0.717, 1.165) is 6.07 Å². The van der Waals surface area contributed by atoms with Gasteiger partial charge in [0.2, 0.25) is 0 Å². The fourth-order valence-corrected chi connectivity index (χ4v) is 4.17. The third-order valence-electron chi connectivity index (χ3n) is 6.05. The minimum absolute atomic E-state index is 0. The van der Waals surface area contributed by atoms with Crippen LogP contribution >= 0.6 is 27.0 Å². The van der Waals surface area contributed by atoms with Gasteiger partial charge in [-0.15, -0.1) is 0 Å². The Labute approximate surface area is 214 Å². The lowest BCUT2D eigenvalue weighted by atomic mass is 9.91. The van der Waals surface area contributed by atoms with E-state index in [0.29, 0.717) is 24.7 Å². The normalized spacial score (nSPS) is 19.6. The van der Waals surface area contributed by atoms with Gasteiger partial charge >= 0.3 is 11.8 Å². The molecule has 2 amide bonds. The molecule has 2 heterocycles. The molecule has 3 atom stereocenters. The van der Waals surface area contributed by atoms with E-state index in [1.807, 2.05) is 6.92 Å². The number of alkyl halides is 2. The van der Waals surface area contributed by atoms with E-state index in [1.165, 1.54) is 4.90 Å². The summed E-state index contributed by atoms with van der Waals surface area (Å²) in [5.41, 5.74) is -1.13. The van der Waals surface area contributed by atoms with Crippen LogP contribution in [0.25, 0.3) is 0 Å². The van der Waals surface area contributed by atoms with Gasteiger partial charge in [0, 0.05) is 24.9 Å². The van der Waals surface area contributed by atoms with Crippen LogP contribution in [0.3, 0.4) is 0 Å². The van der Waals surface area contributed by atoms with Gasteiger partial charge in [-0.05, 0) is 37.5 Å². The summed E-state index contributed by atoms with van der Waals surface area (Å²) in [6, 6.07) is 0.548. The summed E-state index contributed by atoms with van der Waals surface area (Å²) in [6.45, 7) is 3.97. The van der Waals surface area contributed by atoms with Crippen LogP contribution in [0.2, 0.25) is 0 Å². The van der Waals surface area contributed by atoms with Gasteiger partial charge in [0.25, 0.3) is 6.43 Å². The standard InChI is InChI=1S/C22H24F4N4O3.2H2S/c1-3-15(16-6-8-27-29-16)28-21(32)22(33)30-9-7-13(11(30)2)17(31)10-12-4-5-14(23)18(19(12)24)20(25)26;;/h4-6,11,13,15,20H,3,7-10H2,1-2H3,(H,28,32);2*1H2/t11-,13-,15?;;/m0../s1. The van der Waals surface area contributed by atoms with Crippen LogP contribution in [0.15, 0.2) is 34.1 Å². The quantitative estimate of drug-likeness (QED) is 0.425. The molecule has 0 bridgehead atoms. The molecule has 13 heteroatoms. The Morgan fingerprint density at radius 1 is 1.20 bits per heavy atom. The molecule has 0 aliphatic carbocycles. The Kier molecular flexibility index (Phi) is 11.4. The number of ketones is 1. The second-order valence-corrected chi connectivity index (χ2v) is 8.00. The molecule has 1 saturated heterocycles. The van der Waals surface area contributed by atoms with E-state index >= 15 is 0 Å². The van der Waals surface area contributed by atoms with Crippen molar-refractivity contribution >= 4 is 44.6 Å². The van der Waals surface area contributed by atoms with Crippen LogP contribution in [-0.4, -0.2) is 47.7 Å². The summed E-state index contributed by atoms with van der Waals surface area (Å²) >= 11 is 0. The van der Waals surface area contributed by atoms with Crippen molar-refractivity contribution in [1.82, 2.24) is 10.2 Å². The molecule has 1 unspecified atom stereocenters. The molecular weight excluding hydrogens is 508 g/mol. The Morgan fingerprint density at radius 2 is 1.89 bits per heavy atom. The summed E-state index contributed by atoms with van der Waals surface area (Å²) in [4.78, 5) is 39.2. The molecule has 0 spiro atoms. The Hall–Kier alpha value is -2.41. The number of Topliss-reactive ketones (excluding diaryl/α,β-unsaturated/α-hetero) is 1. The maximum Gasteiger partial charge on any atom is 0.312 e. The van der Waals surface area contributed by atoms with Crippen molar-refractivity contribution in [3.63, 3.8) is 0 Å². The summed E-state index contributed by atoms with van der Waals surface area (Å²) in [7, 11) is 0. The van der Waals surface area contributed by atoms with E-state index in [-0.39, 0.29) is 45.5 Å². The molecule has 1 aromatic carbocycles. The SMILES string of the molecule is CCC(NC(=O)C(=O)N1CC[C@H](C(=O)Cc2ccc(F)c(C(F)F)c2F)[C@@H]1C)C1=CCN=N1.S.S. The fourth-order valence-electron chi connectivity index (χ4n) is 4.17. The first-order valence-electron chi connectivity index (χ1n) is 10.6. The van der Waals surface area contributed by atoms with Gasteiger partial charge in [-0.3, -0.25) is 14.4 Å². The van der Waals surface area contributed by atoms with Crippen molar-refractivity contribution < 1.29 is 31.9 Å². The third kappa shape index (κ3) is 6.63. The summed E-state index contributed by atoms with van der Waals surface area (Å²) in [5, 5.41) is 10.4. The first kappa shape index (κ1) is 30.6. The van der Waals surface area contributed by atoms with E-state index in [2.05, 4.69) is 15.5 Å². The number of rotatable bonds is 7. The fraction of sp³-hybridized carbons (Fsp3) is 0.500. The van der Waals surface area contributed by atoms with E-state index in [9.17, 15) is 31.9 Å². The van der Waals surface area contributed by atoms with Crippen molar-refractivity contribution in [3.8, 4) is 0 Å². The molecule has 35 heavy (non-hydrogen) atoms. The minimum Gasteiger partial charge on any atom is -0.339 e. The lowest BCUT2D eigenvalue weighted by Gasteiger charge is -2.25. The predicted octanol–water partition coefficient (Wildman–Crippen LogP) is 3.72. The number of nitrogens with one attached hydrogen (secondary N) is 1. The zero-order valence-electron chi connectivity index (χ0n) is 19.2. The van der Waals surface area contributed by atoms with Gasteiger partial charge in [-0.2, -0.15) is 37.2 Å². The van der Waals surface area contributed by atoms with E-state index in [4.69, 9.17) is 0 Å². The second kappa shape index (κ2) is 13.1. The molecular formula is C22H28F4N4O3S2. The molecule has 194 valence electrons. The summed E-state index contributed by atoms with van der Waals surface area (Å²) in [6.07, 6.45) is -1.39.